The molecule has 0 aliphatic carbocycles. The van der Waals surface area contributed by atoms with E-state index in [0.29, 0.717) is 36.3 Å². The monoisotopic (exact) mass is 317 g/mol. The van der Waals surface area contributed by atoms with E-state index in [9.17, 15) is 4.39 Å². The van der Waals surface area contributed by atoms with Gasteiger partial charge in [-0.1, -0.05) is 6.92 Å². The molecule has 23 heavy (non-hydrogen) atoms. The van der Waals surface area contributed by atoms with Crippen LogP contribution in [0.5, 0.6) is 5.88 Å². The van der Waals surface area contributed by atoms with E-state index in [0.717, 1.165) is 25.9 Å². The Morgan fingerprint density at radius 1 is 1.22 bits per heavy atom. The van der Waals surface area contributed by atoms with Crippen LogP contribution in [0.25, 0.3) is 0 Å². The molecular formula is C16H20FN5O. The summed E-state index contributed by atoms with van der Waals surface area (Å²) in [4.78, 5) is 18.2. The lowest BCUT2D eigenvalue weighted by molar-refractivity contribution is 0.215. The van der Waals surface area contributed by atoms with Gasteiger partial charge in [-0.25, -0.2) is 19.3 Å². The Balaban J connectivity index is 1.54. The number of hydrogen-bond acceptors (Lipinski definition) is 6. The van der Waals surface area contributed by atoms with Crippen molar-refractivity contribution < 1.29 is 9.13 Å². The van der Waals surface area contributed by atoms with Crippen LogP contribution >= 0.6 is 0 Å². The fourth-order valence-electron chi connectivity index (χ4n) is 2.74. The summed E-state index contributed by atoms with van der Waals surface area (Å²) >= 11 is 0. The number of hydrogen-bond donors (Lipinski definition) is 0. The van der Waals surface area contributed by atoms with Gasteiger partial charge in [0.15, 0.2) is 11.6 Å². The number of aromatic nitrogens is 4. The first-order valence-electron chi connectivity index (χ1n) is 7.91. The van der Waals surface area contributed by atoms with Crippen LogP contribution in [0.1, 0.15) is 25.5 Å². The summed E-state index contributed by atoms with van der Waals surface area (Å²) in [7, 11) is 0. The Morgan fingerprint density at radius 3 is 2.74 bits per heavy atom. The first kappa shape index (κ1) is 15.6. The second-order valence-electron chi connectivity index (χ2n) is 5.60. The van der Waals surface area contributed by atoms with Gasteiger partial charge in [-0.3, -0.25) is 4.98 Å². The standard InChI is InChI=1S/C16H20FN5O/c1-2-13-15(17)16(21-11-20-13)22-7-3-12(4-8-22)10-23-14-9-18-5-6-19-14/h5-6,9,11-12H,2-4,7-8,10H2,1H3. The maximum Gasteiger partial charge on any atom is 0.232 e. The molecule has 6 nitrogen and oxygen atoms in total. The van der Waals surface area contributed by atoms with Gasteiger partial charge in [-0.15, -0.1) is 0 Å². The van der Waals surface area contributed by atoms with E-state index in [1.165, 1.54) is 6.33 Å². The minimum Gasteiger partial charge on any atom is -0.476 e. The van der Waals surface area contributed by atoms with Crippen molar-refractivity contribution in [3.8, 4) is 5.88 Å². The van der Waals surface area contributed by atoms with Crippen molar-refractivity contribution in [2.45, 2.75) is 26.2 Å². The number of anilines is 1. The highest BCUT2D eigenvalue weighted by atomic mass is 19.1. The Morgan fingerprint density at radius 2 is 2.04 bits per heavy atom. The largest absolute Gasteiger partial charge is 0.476 e. The molecule has 1 aliphatic heterocycles. The molecule has 122 valence electrons. The smallest absolute Gasteiger partial charge is 0.232 e. The third-order valence-corrected chi connectivity index (χ3v) is 4.10. The van der Waals surface area contributed by atoms with Crippen molar-refractivity contribution in [1.29, 1.82) is 0 Å². The zero-order valence-electron chi connectivity index (χ0n) is 13.2. The Bertz CT molecular complexity index is 632. The van der Waals surface area contributed by atoms with Crippen molar-refractivity contribution >= 4 is 5.82 Å². The van der Waals surface area contributed by atoms with Gasteiger partial charge in [0.2, 0.25) is 5.88 Å². The van der Waals surface area contributed by atoms with Gasteiger partial charge in [-0.05, 0) is 25.2 Å². The average molecular weight is 317 g/mol. The normalized spacial score (nSPS) is 15.7. The third kappa shape index (κ3) is 3.72. The molecular weight excluding hydrogens is 297 g/mol. The summed E-state index contributed by atoms with van der Waals surface area (Å²) in [5.74, 6) is 1.11. The first-order valence-corrected chi connectivity index (χ1v) is 7.91. The molecule has 0 atom stereocenters. The minimum absolute atomic E-state index is 0.288. The maximum absolute atomic E-state index is 14.3. The molecule has 0 unspecified atom stereocenters. The highest BCUT2D eigenvalue weighted by Crippen LogP contribution is 2.25. The summed E-state index contributed by atoms with van der Waals surface area (Å²) < 4.78 is 20.0. The fourth-order valence-corrected chi connectivity index (χ4v) is 2.74. The van der Waals surface area contributed by atoms with Gasteiger partial charge in [0.25, 0.3) is 0 Å². The van der Waals surface area contributed by atoms with E-state index in [1.807, 2.05) is 11.8 Å². The molecule has 1 saturated heterocycles. The van der Waals surface area contributed by atoms with Crippen LogP contribution in [0.2, 0.25) is 0 Å². The number of rotatable bonds is 5. The predicted octanol–water partition coefficient (Wildman–Crippen LogP) is 2.26. The SMILES string of the molecule is CCc1ncnc(N2CCC(COc3cnccn3)CC2)c1F. The summed E-state index contributed by atoms with van der Waals surface area (Å²) in [5.41, 5.74) is 0.475. The molecule has 0 aromatic carbocycles. The molecule has 0 radical (unpaired) electrons. The second-order valence-corrected chi connectivity index (χ2v) is 5.60. The number of aryl methyl sites for hydroxylation is 1. The molecule has 7 heteroatoms. The zero-order valence-corrected chi connectivity index (χ0v) is 13.2. The molecule has 3 heterocycles. The van der Waals surface area contributed by atoms with Crippen LogP contribution in [0, 0.1) is 11.7 Å². The average Bonchev–Trinajstić information content (AvgIpc) is 2.62. The molecule has 1 aliphatic rings. The van der Waals surface area contributed by atoms with Crippen molar-refractivity contribution in [2.75, 3.05) is 24.6 Å². The Hall–Kier alpha value is -2.31. The highest BCUT2D eigenvalue weighted by Gasteiger charge is 2.24. The molecule has 2 aromatic heterocycles. The molecule has 0 bridgehead atoms. The molecule has 0 amide bonds. The van der Waals surface area contributed by atoms with E-state index in [1.54, 1.807) is 18.6 Å². The van der Waals surface area contributed by atoms with Crippen molar-refractivity contribution in [2.24, 2.45) is 5.92 Å². The maximum atomic E-state index is 14.3. The van der Waals surface area contributed by atoms with Crippen LogP contribution in [0.3, 0.4) is 0 Å². The van der Waals surface area contributed by atoms with E-state index in [4.69, 9.17) is 4.74 Å². The fraction of sp³-hybridized carbons (Fsp3) is 0.500. The van der Waals surface area contributed by atoms with Gasteiger partial charge >= 0.3 is 0 Å². The zero-order chi connectivity index (χ0) is 16.1. The third-order valence-electron chi connectivity index (χ3n) is 4.10. The van der Waals surface area contributed by atoms with E-state index >= 15 is 0 Å². The van der Waals surface area contributed by atoms with Gasteiger partial charge in [0, 0.05) is 25.5 Å². The van der Waals surface area contributed by atoms with E-state index in [-0.39, 0.29) is 5.82 Å². The lowest BCUT2D eigenvalue weighted by atomic mass is 9.98. The van der Waals surface area contributed by atoms with E-state index < -0.39 is 0 Å². The van der Waals surface area contributed by atoms with Crippen LogP contribution in [0.4, 0.5) is 10.2 Å². The van der Waals surface area contributed by atoms with Crippen molar-refractivity contribution in [1.82, 2.24) is 19.9 Å². The van der Waals surface area contributed by atoms with Gasteiger partial charge in [-0.2, -0.15) is 0 Å². The topological polar surface area (TPSA) is 64.0 Å². The Kier molecular flexibility index (Phi) is 4.95. The Labute approximate surface area is 134 Å². The van der Waals surface area contributed by atoms with Crippen LogP contribution < -0.4 is 9.64 Å². The minimum atomic E-state index is -0.288. The predicted molar refractivity (Wildman–Crippen MR) is 83.8 cm³/mol. The summed E-state index contributed by atoms with van der Waals surface area (Å²) in [6.07, 6.45) is 8.73. The highest BCUT2D eigenvalue weighted by molar-refractivity contribution is 5.41. The van der Waals surface area contributed by atoms with Crippen LogP contribution in [-0.4, -0.2) is 39.6 Å². The summed E-state index contributed by atoms with van der Waals surface area (Å²) in [5, 5.41) is 0. The number of halogens is 1. The van der Waals surface area contributed by atoms with E-state index in [2.05, 4.69) is 19.9 Å². The quantitative estimate of drug-likeness (QED) is 0.843. The molecule has 3 rings (SSSR count). The lowest BCUT2D eigenvalue weighted by Gasteiger charge is -2.32. The van der Waals surface area contributed by atoms with Crippen molar-refractivity contribution in [3.63, 3.8) is 0 Å². The number of nitrogens with zero attached hydrogens (tertiary/aromatic N) is 5. The van der Waals surface area contributed by atoms with Gasteiger partial charge in [0.1, 0.15) is 6.33 Å². The first-order chi connectivity index (χ1) is 11.3. The molecule has 0 spiro atoms. The van der Waals surface area contributed by atoms with Crippen LogP contribution in [-0.2, 0) is 6.42 Å². The number of piperidine rings is 1. The van der Waals surface area contributed by atoms with Crippen LogP contribution in [0.15, 0.2) is 24.9 Å². The van der Waals surface area contributed by atoms with Crippen molar-refractivity contribution in [3.05, 3.63) is 36.4 Å². The van der Waals surface area contributed by atoms with Gasteiger partial charge < -0.3 is 9.64 Å². The summed E-state index contributed by atoms with van der Waals surface area (Å²) in [6, 6.07) is 0. The second kappa shape index (κ2) is 7.30. The molecule has 1 fully saturated rings. The number of ether oxygens (including phenoxy) is 1. The van der Waals surface area contributed by atoms with Gasteiger partial charge in [0.05, 0.1) is 18.5 Å². The molecule has 0 saturated carbocycles. The molecule has 0 N–H and O–H groups in total. The lowest BCUT2D eigenvalue weighted by Crippen LogP contribution is -2.36. The summed E-state index contributed by atoms with van der Waals surface area (Å²) in [6.45, 7) is 4.04. The molecule has 2 aromatic rings.